The van der Waals surface area contributed by atoms with Gasteiger partial charge in [0.2, 0.25) is 0 Å². The number of ketones is 1. The second kappa shape index (κ2) is 6.42. The number of hydrogen-bond acceptors (Lipinski definition) is 4. The molecule has 1 N–H and O–H groups in total. The van der Waals surface area contributed by atoms with Crippen LogP contribution in [0.3, 0.4) is 0 Å². The Labute approximate surface area is 170 Å². The molecule has 5 rings (SSSR count). The maximum absolute atomic E-state index is 12.0. The summed E-state index contributed by atoms with van der Waals surface area (Å²) >= 11 is 1.78. The summed E-state index contributed by atoms with van der Waals surface area (Å²) in [5.74, 6) is 6.84. The summed E-state index contributed by atoms with van der Waals surface area (Å²) in [6, 6.07) is 4.31. The second-order valence-electron chi connectivity index (χ2n) is 8.87. The molecule has 4 aliphatic rings. The second-order valence-corrected chi connectivity index (χ2v) is 9.85. The Balaban J connectivity index is 1.69. The van der Waals surface area contributed by atoms with E-state index < -0.39 is 5.60 Å². The Kier molecular flexibility index (Phi) is 4.21. The van der Waals surface area contributed by atoms with Gasteiger partial charge in [-0.15, -0.1) is 17.3 Å². The third-order valence-electron chi connectivity index (χ3n) is 7.59. The topological polar surface area (TPSA) is 46.5 Å². The van der Waals surface area contributed by atoms with Gasteiger partial charge in [-0.25, -0.2) is 0 Å². The number of hydrogen-bond donors (Lipinski definition) is 1. The number of allylic oxidation sites excluding steroid dienone is 1. The minimum atomic E-state index is -0.958. The van der Waals surface area contributed by atoms with Crippen LogP contribution in [0.25, 0.3) is 0 Å². The monoisotopic (exact) mass is 394 g/mol. The number of carbonyl (C=O) groups excluding carboxylic acids is 1. The van der Waals surface area contributed by atoms with Gasteiger partial charge >= 0.3 is 0 Å². The van der Waals surface area contributed by atoms with Crippen molar-refractivity contribution in [3.05, 3.63) is 45.2 Å². The van der Waals surface area contributed by atoms with Gasteiger partial charge in [-0.05, 0) is 72.8 Å². The van der Waals surface area contributed by atoms with E-state index in [0.29, 0.717) is 19.4 Å². The van der Waals surface area contributed by atoms with Gasteiger partial charge in [-0.1, -0.05) is 18.9 Å². The average molecular weight is 395 g/mol. The van der Waals surface area contributed by atoms with Crippen LogP contribution in [0.5, 0.6) is 0 Å². The van der Waals surface area contributed by atoms with Crippen molar-refractivity contribution in [3.8, 4) is 11.8 Å². The molecule has 146 valence electrons. The van der Waals surface area contributed by atoms with Crippen molar-refractivity contribution in [2.24, 2.45) is 11.3 Å². The Morgan fingerprint density at radius 3 is 2.96 bits per heavy atom. The fraction of sp³-hybridized carbons (Fsp3) is 0.542. The fourth-order valence-electron chi connectivity index (χ4n) is 6.17. The first-order chi connectivity index (χ1) is 13.5. The molecule has 2 heterocycles. The highest BCUT2D eigenvalue weighted by Gasteiger charge is 2.63. The number of fused-ring (bicyclic) bond motifs is 4. The molecule has 3 nitrogen and oxygen atoms in total. The van der Waals surface area contributed by atoms with Gasteiger partial charge in [0.1, 0.15) is 5.60 Å². The molecule has 1 aromatic heterocycles. The maximum Gasteiger partial charge on any atom is 0.156 e. The molecule has 1 aliphatic heterocycles. The zero-order valence-corrected chi connectivity index (χ0v) is 17.3. The van der Waals surface area contributed by atoms with Crippen LogP contribution in [0.1, 0.15) is 56.7 Å². The van der Waals surface area contributed by atoms with Gasteiger partial charge in [0.15, 0.2) is 5.78 Å². The van der Waals surface area contributed by atoms with Gasteiger partial charge in [0.25, 0.3) is 0 Å². The zero-order valence-electron chi connectivity index (χ0n) is 16.5. The number of rotatable bonds is 1. The number of thiophene rings is 1. The predicted octanol–water partition coefficient (Wildman–Crippen LogP) is 4.39. The minimum absolute atomic E-state index is 0.0129. The quantitative estimate of drug-likeness (QED) is 0.719. The fourth-order valence-corrected chi connectivity index (χ4v) is 7.02. The van der Waals surface area contributed by atoms with Crippen LogP contribution in [-0.2, 0) is 9.53 Å². The number of aliphatic hydroxyl groups is 1. The molecular formula is C24H26O3S. The highest BCUT2D eigenvalue weighted by Crippen LogP contribution is 2.64. The summed E-state index contributed by atoms with van der Waals surface area (Å²) < 4.78 is 6.45. The Morgan fingerprint density at radius 2 is 2.21 bits per heavy atom. The molecular weight excluding hydrogens is 368 g/mol. The summed E-state index contributed by atoms with van der Waals surface area (Å²) in [4.78, 5) is 13.3. The molecule has 5 atom stereocenters. The van der Waals surface area contributed by atoms with Crippen molar-refractivity contribution in [1.82, 2.24) is 0 Å². The van der Waals surface area contributed by atoms with Gasteiger partial charge < -0.3 is 9.84 Å². The van der Waals surface area contributed by atoms with Gasteiger partial charge in [-0.3, -0.25) is 4.79 Å². The van der Waals surface area contributed by atoms with Crippen LogP contribution in [0, 0.1) is 23.2 Å². The largest absolute Gasteiger partial charge is 0.377 e. The van der Waals surface area contributed by atoms with Crippen LogP contribution in [0.4, 0.5) is 0 Å². The van der Waals surface area contributed by atoms with E-state index in [4.69, 9.17) is 4.74 Å². The Bertz CT molecular complexity index is 944. The Hall–Kier alpha value is -1.67. The molecule has 0 aromatic carbocycles. The summed E-state index contributed by atoms with van der Waals surface area (Å²) in [5, 5.41) is 13.6. The summed E-state index contributed by atoms with van der Waals surface area (Å²) in [5.41, 5.74) is 2.55. The van der Waals surface area contributed by atoms with Crippen LogP contribution < -0.4 is 0 Å². The minimum Gasteiger partial charge on any atom is -0.377 e. The molecule has 0 spiro atoms. The molecule has 28 heavy (non-hydrogen) atoms. The standard InChI is InChI=1S/C24H26O3S/c1-3-9-24(26)10-8-19-22-21(17-7-6-16(25)12-15(17)14-27-22)18(13-23(19,24)2)20-5-4-11-28-20/h4-5,11-12,18-19,22,26H,6-8,10,13-14H2,1-2H3/t18?,19-,22-,23-,24-/m0/s1. The smallest absolute Gasteiger partial charge is 0.156 e. The lowest BCUT2D eigenvalue weighted by molar-refractivity contribution is -0.115. The molecule has 0 saturated heterocycles. The predicted molar refractivity (Wildman–Crippen MR) is 110 cm³/mol. The third kappa shape index (κ3) is 2.46. The molecule has 1 aromatic rings. The van der Waals surface area contributed by atoms with Crippen LogP contribution in [-0.4, -0.2) is 29.2 Å². The lowest BCUT2D eigenvalue weighted by Crippen LogP contribution is -2.53. The van der Waals surface area contributed by atoms with Gasteiger partial charge in [0, 0.05) is 22.6 Å². The van der Waals surface area contributed by atoms with Crippen LogP contribution >= 0.6 is 11.3 Å². The summed E-state index contributed by atoms with van der Waals surface area (Å²) in [6.45, 7) is 4.54. The van der Waals surface area contributed by atoms with Gasteiger partial charge in [-0.2, -0.15) is 0 Å². The molecule has 0 bridgehead atoms. The molecule has 0 radical (unpaired) electrons. The number of ether oxygens (including phenoxy) is 1. The molecule has 0 amide bonds. The van der Waals surface area contributed by atoms with E-state index in [-0.39, 0.29) is 29.1 Å². The summed E-state index contributed by atoms with van der Waals surface area (Å²) in [7, 11) is 0. The SMILES string of the molecule is CC#C[C@]1(O)CC[C@H]2[C@@H]3OCC4=CC(=O)CCC4=C3C(c3cccs3)C[C@@]21C. The first-order valence-electron chi connectivity index (χ1n) is 10.2. The molecule has 3 aliphatic carbocycles. The van der Waals surface area contributed by atoms with Crippen molar-refractivity contribution in [2.75, 3.05) is 6.61 Å². The third-order valence-corrected chi connectivity index (χ3v) is 8.57. The molecule has 1 unspecified atom stereocenters. The van der Waals surface area contributed by atoms with Crippen molar-refractivity contribution in [3.63, 3.8) is 0 Å². The van der Waals surface area contributed by atoms with Crippen molar-refractivity contribution in [2.45, 2.75) is 63.6 Å². The zero-order chi connectivity index (χ0) is 19.5. The van der Waals surface area contributed by atoms with Crippen molar-refractivity contribution < 1.29 is 14.6 Å². The molecule has 2 saturated carbocycles. The van der Waals surface area contributed by atoms with E-state index in [1.54, 1.807) is 17.4 Å². The first-order valence-corrected chi connectivity index (χ1v) is 11.1. The highest BCUT2D eigenvalue weighted by molar-refractivity contribution is 7.10. The van der Waals surface area contributed by atoms with E-state index in [1.165, 1.54) is 16.0 Å². The normalized spacial score (nSPS) is 39.5. The lowest BCUT2D eigenvalue weighted by Gasteiger charge is -2.52. The van der Waals surface area contributed by atoms with Crippen LogP contribution in [0.15, 0.2) is 40.3 Å². The van der Waals surface area contributed by atoms with Crippen LogP contribution in [0.2, 0.25) is 0 Å². The molecule has 2 fully saturated rings. The molecule has 4 heteroatoms. The van der Waals surface area contributed by atoms with Gasteiger partial charge in [0.05, 0.1) is 12.7 Å². The first kappa shape index (κ1) is 18.4. The van der Waals surface area contributed by atoms with E-state index in [9.17, 15) is 9.90 Å². The average Bonchev–Trinajstić information content (AvgIpc) is 3.28. The van der Waals surface area contributed by atoms with E-state index in [0.717, 1.165) is 24.8 Å². The number of carbonyl (C=O) groups is 1. The highest BCUT2D eigenvalue weighted by atomic mass is 32.1. The Morgan fingerprint density at radius 1 is 1.36 bits per heavy atom. The maximum atomic E-state index is 12.0. The van der Waals surface area contributed by atoms with E-state index in [2.05, 4.69) is 36.3 Å². The van der Waals surface area contributed by atoms with Crippen molar-refractivity contribution >= 4 is 17.1 Å². The lowest BCUT2D eigenvalue weighted by atomic mass is 9.56. The van der Waals surface area contributed by atoms with E-state index >= 15 is 0 Å². The van der Waals surface area contributed by atoms with E-state index in [1.807, 2.05) is 6.92 Å². The van der Waals surface area contributed by atoms with Crippen molar-refractivity contribution in [1.29, 1.82) is 0 Å². The summed E-state index contributed by atoms with van der Waals surface area (Å²) in [6.07, 6.45) is 5.74.